The van der Waals surface area contributed by atoms with E-state index in [1.807, 2.05) is 0 Å². The highest BCUT2D eigenvalue weighted by atomic mass is 19.4. The van der Waals surface area contributed by atoms with Crippen molar-refractivity contribution in [3.8, 4) is 0 Å². The van der Waals surface area contributed by atoms with E-state index >= 15 is 0 Å². The van der Waals surface area contributed by atoms with Crippen LogP contribution in [0.5, 0.6) is 0 Å². The Hall–Kier alpha value is -1.40. The van der Waals surface area contributed by atoms with E-state index in [2.05, 4.69) is 6.58 Å². The Morgan fingerprint density at radius 3 is 1.69 bits per heavy atom. The van der Waals surface area contributed by atoms with Crippen molar-refractivity contribution in [2.24, 2.45) is 5.73 Å². The zero-order valence-corrected chi connectivity index (χ0v) is 8.21. The minimum absolute atomic E-state index is 0.0869. The third-order valence-corrected chi connectivity index (χ3v) is 1.40. The maximum atomic E-state index is 12.3. The molecule has 0 aliphatic carbocycles. The lowest BCUT2D eigenvalue weighted by atomic mass is 10.1. The number of alkyl halides is 6. The van der Waals surface area contributed by atoms with Crippen molar-refractivity contribution in [1.29, 1.82) is 0 Å². The minimum Gasteiger partial charge on any atom is -0.402 e. The van der Waals surface area contributed by atoms with Crippen molar-refractivity contribution in [1.82, 2.24) is 0 Å². The molecule has 0 aromatic heterocycles. The van der Waals surface area contributed by atoms with Crippen molar-refractivity contribution in [3.05, 3.63) is 35.6 Å². The van der Waals surface area contributed by atoms with E-state index in [1.165, 1.54) is 0 Å². The highest BCUT2D eigenvalue weighted by Gasteiger charge is 2.36. The minimum atomic E-state index is -4.91. The highest BCUT2D eigenvalue weighted by Crippen LogP contribution is 2.32. The fourth-order valence-corrected chi connectivity index (χ4v) is 0.720. The molecule has 0 atom stereocenters. The third-order valence-electron chi connectivity index (χ3n) is 1.40. The molecule has 0 aromatic rings. The summed E-state index contributed by atoms with van der Waals surface area (Å²) in [5, 5.41) is 0. The molecule has 0 amide bonds. The number of allylic oxidation sites excluding steroid dienone is 5. The zero-order chi connectivity index (χ0) is 13.1. The normalized spacial score (nSPS) is 15.2. The third kappa shape index (κ3) is 4.90. The molecule has 0 aromatic carbocycles. The molecule has 0 heterocycles. The van der Waals surface area contributed by atoms with Gasteiger partial charge in [0, 0.05) is 11.3 Å². The van der Waals surface area contributed by atoms with Crippen LogP contribution in [0.2, 0.25) is 0 Å². The van der Waals surface area contributed by atoms with Crippen LogP contribution in [0.4, 0.5) is 26.3 Å². The van der Waals surface area contributed by atoms with Crippen LogP contribution in [0.25, 0.3) is 0 Å². The van der Waals surface area contributed by atoms with Crippen LogP contribution in [0, 0.1) is 0 Å². The van der Waals surface area contributed by atoms with E-state index < -0.39 is 23.5 Å². The van der Waals surface area contributed by atoms with Gasteiger partial charge in [0.05, 0.1) is 5.57 Å². The van der Waals surface area contributed by atoms with E-state index in [0.717, 1.165) is 6.92 Å². The molecule has 0 bridgehead atoms. The number of nitrogens with two attached hydrogens (primary N) is 1. The van der Waals surface area contributed by atoms with Crippen molar-refractivity contribution < 1.29 is 26.3 Å². The van der Waals surface area contributed by atoms with Crippen molar-refractivity contribution in [2.45, 2.75) is 19.3 Å². The second-order valence-corrected chi connectivity index (χ2v) is 3.01. The molecule has 0 aliphatic rings. The standard InChI is InChI=1S/C9H9F6N/c1-5(8(10,11)12)3-7(4-6(2)16)9(13,14)15/h3-4H,1,16H2,2H3/b6-4+,7-3+. The van der Waals surface area contributed by atoms with Gasteiger partial charge in [0.15, 0.2) is 0 Å². The molecule has 16 heavy (non-hydrogen) atoms. The lowest BCUT2D eigenvalue weighted by Gasteiger charge is -2.11. The van der Waals surface area contributed by atoms with Gasteiger partial charge in [-0.05, 0) is 19.1 Å². The number of hydrogen-bond acceptors (Lipinski definition) is 1. The molecule has 0 saturated carbocycles. The van der Waals surface area contributed by atoms with Crippen molar-refractivity contribution in [3.63, 3.8) is 0 Å². The van der Waals surface area contributed by atoms with E-state index in [1.54, 1.807) is 0 Å². The second-order valence-electron chi connectivity index (χ2n) is 3.01. The zero-order valence-electron chi connectivity index (χ0n) is 8.21. The Kier molecular flexibility index (Phi) is 4.22. The SMILES string of the molecule is C=C(/C=C(\C=C(/C)N)C(F)(F)F)C(F)(F)F. The number of rotatable bonds is 2. The molecule has 0 unspecified atom stereocenters. The number of halogens is 6. The molecule has 0 spiro atoms. The topological polar surface area (TPSA) is 26.0 Å². The second kappa shape index (κ2) is 4.63. The molecule has 0 rings (SSSR count). The van der Waals surface area contributed by atoms with Gasteiger partial charge >= 0.3 is 12.4 Å². The summed E-state index contributed by atoms with van der Waals surface area (Å²) >= 11 is 0. The smallest absolute Gasteiger partial charge is 0.402 e. The first-order valence-corrected chi connectivity index (χ1v) is 3.93. The van der Waals surface area contributed by atoms with E-state index in [0.29, 0.717) is 6.08 Å². The van der Waals surface area contributed by atoms with Gasteiger partial charge in [-0.3, -0.25) is 0 Å². The first-order chi connectivity index (χ1) is 6.94. The van der Waals surface area contributed by atoms with Gasteiger partial charge in [-0.2, -0.15) is 26.3 Å². The average Bonchev–Trinajstić information content (AvgIpc) is 1.98. The first kappa shape index (κ1) is 14.6. The van der Waals surface area contributed by atoms with Gasteiger partial charge in [0.2, 0.25) is 0 Å². The molecule has 92 valence electrons. The maximum absolute atomic E-state index is 12.3. The quantitative estimate of drug-likeness (QED) is 0.585. The molecule has 0 saturated heterocycles. The lowest BCUT2D eigenvalue weighted by Crippen LogP contribution is -2.15. The van der Waals surface area contributed by atoms with Crippen LogP contribution in [0.3, 0.4) is 0 Å². The molecular weight excluding hydrogens is 236 g/mol. The van der Waals surface area contributed by atoms with E-state index in [9.17, 15) is 26.3 Å². The summed E-state index contributed by atoms with van der Waals surface area (Å²) in [5.74, 6) is 0. The first-order valence-electron chi connectivity index (χ1n) is 3.93. The highest BCUT2D eigenvalue weighted by molar-refractivity contribution is 5.35. The van der Waals surface area contributed by atoms with Gasteiger partial charge in [0.1, 0.15) is 0 Å². The van der Waals surface area contributed by atoms with Crippen LogP contribution < -0.4 is 5.73 Å². The fourth-order valence-electron chi connectivity index (χ4n) is 0.720. The van der Waals surface area contributed by atoms with E-state index in [4.69, 9.17) is 5.73 Å². The van der Waals surface area contributed by atoms with Gasteiger partial charge < -0.3 is 5.73 Å². The molecule has 0 radical (unpaired) electrons. The van der Waals surface area contributed by atoms with Crippen LogP contribution in [0.15, 0.2) is 35.6 Å². The summed E-state index contributed by atoms with van der Waals surface area (Å²) < 4.78 is 72.7. The Bertz CT molecular complexity index is 327. The largest absolute Gasteiger partial charge is 0.416 e. The van der Waals surface area contributed by atoms with Gasteiger partial charge in [-0.25, -0.2) is 0 Å². The monoisotopic (exact) mass is 245 g/mol. The summed E-state index contributed by atoms with van der Waals surface area (Å²) in [5.41, 5.74) is 1.66. The molecule has 7 heteroatoms. The molecule has 0 aliphatic heterocycles. The molecular formula is C9H9F6N. The molecule has 0 fully saturated rings. The van der Waals surface area contributed by atoms with E-state index in [-0.39, 0.29) is 11.8 Å². The summed E-state index contributed by atoms with van der Waals surface area (Å²) in [6.45, 7) is 3.65. The summed E-state index contributed by atoms with van der Waals surface area (Å²) in [6, 6.07) is 0. The Labute approximate surface area is 87.9 Å². The Balaban J connectivity index is 5.31. The number of hydrogen-bond donors (Lipinski definition) is 1. The fraction of sp³-hybridized carbons (Fsp3) is 0.333. The van der Waals surface area contributed by atoms with Crippen LogP contribution in [-0.4, -0.2) is 12.4 Å². The van der Waals surface area contributed by atoms with Crippen LogP contribution >= 0.6 is 0 Å². The summed E-state index contributed by atoms with van der Waals surface area (Å²) in [7, 11) is 0. The van der Waals surface area contributed by atoms with Gasteiger partial charge in [-0.1, -0.05) is 6.58 Å². The van der Waals surface area contributed by atoms with Crippen LogP contribution in [-0.2, 0) is 0 Å². The lowest BCUT2D eigenvalue weighted by molar-refractivity contribution is -0.0932. The summed E-state index contributed by atoms with van der Waals surface area (Å²) in [6.07, 6.45) is -9.48. The Morgan fingerprint density at radius 2 is 1.44 bits per heavy atom. The predicted molar refractivity (Wildman–Crippen MR) is 47.3 cm³/mol. The molecule has 1 nitrogen and oxygen atoms in total. The van der Waals surface area contributed by atoms with Crippen molar-refractivity contribution >= 4 is 0 Å². The van der Waals surface area contributed by atoms with Crippen molar-refractivity contribution in [2.75, 3.05) is 0 Å². The van der Waals surface area contributed by atoms with Gasteiger partial charge in [0.25, 0.3) is 0 Å². The maximum Gasteiger partial charge on any atom is 0.416 e. The predicted octanol–water partition coefficient (Wildman–Crippen LogP) is 3.46. The average molecular weight is 245 g/mol. The molecule has 2 N–H and O–H groups in total. The van der Waals surface area contributed by atoms with Crippen LogP contribution in [0.1, 0.15) is 6.92 Å². The van der Waals surface area contributed by atoms with Gasteiger partial charge in [-0.15, -0.1) is 0 Å². The summed E-state index contributed by atoms with van der Waals surface area (Å²) in [4.78, 5) is 0. The Morgan fingerprint density at radius 1 is 1.00 bits per heavy atom.